The lowest BCUT2D eigenvalue weighted by Crippen LogP contribution is -2.40. The molecule has 0 fully saturated rings. The molecule has 13 heavy (non-hydrogen) atoms. The molecule has 0 saturated carbocycles. The van der Waals surface area contributed by atoms with Crippen LogP contribution in [0.1, 0.15) is 13.8 Å². The van der Waals surface area contributed by atoms with Crippen LogP contribution < -0.4 is 10.6 Å². The summed E-state index contributed by atoms with van der Waals surface area (Å²) >= 11 is 4.95. The Hall–Kier alpha value is -1.16. The summed E-state index contributed by atoms with van der Waals surface area (Å²) in [6.07, 6.45) is 3.47. The van der Waals surface area contributed by atoms with Crippen LogP contribution in [-0.2, 0) is 0 Å². The summed E-state index contributed by atoms with van der Waals surface area (Å²) in [7, 11) is 0. The Balaban J connectivity index is 2.96. The Morgan fingerprint density at radius 2 is 2.31 bits per heavy atom. The van der Waals surface area contributed by atoms with Crippen LogP contribution in [0, 0.1) is 0 Å². The van der Waals surface area contributed by atoms with Crippen LogP contribution in [-0.4, -0.2) is 16.1 Å². The van der Waals surface area contributed by atoms with E-state index in [0.29, 0.717) is 5.11 Å². The molecule has 0 aliphatic heterocycles. The van der Waals surface area contributed by atoms with E-state index in [1.165, 1.54) is 0 Å². The normalized spacial score (nSPS) is 10.1. The molecule has 2 N–H and O–H groups in total. The summed E-state index contributed by atoms with van der Waals surface area (Å²) in [5, 5.41) is 0.378. The van der Waals surface area contributed by atoms with Crippen molar-refractivity contribution in [2.75, 3.05) is 4.90 Å². The van der Waals surface area contributed by atoms with Crippen LogP contribution in [0.5, 0.6) is 0 Å². The quantitative estimate of drug-likeness (QED) is 0.727. The average Bonchev–Trinajstić information content (AvgIpc) is 2.04. The van der Waals surface area contributed by atoms with E-state index in [4.69, 9.17) is 18.0 Å². The van der Waals surface area contributed by atoms with Crippen molar-refractivity contribution < 1.29 is 0 Å². The number of hydrogen-bond acceptors (Lipinski definition) is 2. The predicted molar refractivity (Wildman–Crippen MR) is 58.6 cm³/mol. The lowest BCUT2D eigenvalue weighted by atomic mass is 10.3. The first-order valence-electron chi connectivity index (χ1n) is 4.11. The SMILES string of the molecule is CC(C)N(C(N)=S)c1cccnc1. The number of hydrogen-bond donors (Lipinski definition) is 1. The van der Waals surface area contributed by atoms with E-state index in [9.17, 15) is 0 Å². The van der Waals surface area contributed by atoms with Gasteiger partial charge in [0.2, 0.25) is 0 Å². The molecule has 0 aromatic carbocycles. The molecule has 70 valence electrons. The molecule has 0 aliphatic carbocycles. The second-order valence-electron chi connectivity index (χ2n) is 3.01. The molecule has 1 rings (SSSR count). The number of thiocarbonyl (C=S) groups is 1. The van der Waals surface area contributed by atoms with Crippen LogP contribution in [0.15, 0.2) is 24.5 Å². The highest BCUT2D eigenvalue weighted by molar-refractivity contribution is 7.80. The molecule has 1 aromatic heterocycles. The molecule has 0 aliphatic rings. The van der Waals surface area contributed by atoms with Gasteiger partial charge >= 0.3 is 0 Å². The second kappa shape index (κ2) is 4.18. The number of rotatable bonds is 2. The van der Waals surface area contributed by atoms with Gasteiger partial charge in [0.15, 0.2) is 5.11 Å². The molecule has 0 unspecified atom stereocenters. The standard InChI is InChI=1S/C9H13N3S/c1-7(2)12(9(10)13)8-4-3-5-11-6-8/h3-7H,1-2H3,(H2,10,13). The number of aromatic nitrogens is 1. The van der Waals surface area contributed by atoms with Crippen molar-refractivity contribution in [1.82, 2.24) is 4.98 Å². The first kappa shape index (κ1) is 9.92. The monoisotopic (exact) mass is 195 g/mol. The summed E-state index contributed by atoms with van der Waals surface area (Å²) in [6, 6.07) is 4.05. The largest absolute Gasteiger partial charge is 0.376 e. The van der Waals surface area contributed by atoms with Gasteiger partial charge in [-0.1, -0.05) is 0 Å². The minimum absolute atomic E-state index is 0.252. The molecule has 4 heteroatoms. The van der Waals surface area contributed by atoms with Gasteiger partial charge in [0.1, 0.15) is 0 Å². The van der Waals surface area contributed by atoms with E-state index in [2.05, 4.69) is 4.98 Å². The zero-order valence-corrected chi connectivity index (χ0v) is 8.58. The molecule has 0 atom stereocenters. The molecule has 3 nitrogen and oxygen atoms in total. The van der Waals surface area contributed by atoms with Gasteiger partial charge in [-0.15, -0.1) is 0 Å². The van der Waals surface area contributed by atoms with E-state index < -0.39 is 0 Å². The van der Waals surface area contributed by atoms with E-state index >= 15 is 0 Å². The minimum atomic E-state index is 0.252. The summed E-state index contributed by atoms with van der Waals surface area (Å²) in [5.74, 6) is 0. The summed E-state index contributed by atoms with van der Waals surface area (Å²) in [4.78, 5) is 5.88. The fourth-order valence-electron chi connectivity index (χ4n) is 1.18. The van der Waals surface area contributed by atoms with Crippen molar-refractivity contribution in [2.45, 2.75) is 19.9 Å². The van der Waals surface area contributed by atoms with Crippen molar-refractivity contribution in [3.8, 4) is 0 Å². The lowest BCUT2D eigenvalue weighted by molar-refractivity contribution is 0.807. The van der Waals surface area contributed by atoms with Gasteiger partial charge in [-0.3, -0.25) is 4.98 Å². The number of nitrogens with zero attached hydrogens (tertiary/aromatic N) is 2. The number of nitrogens with two attached hydrogens (primary N) is 1. The number of pyridine rings is 1. The lowest BCUT2D eigenvalue weighted by Gasteiger charge is -2.26. The van der Waals surface area contributed by atoms with Crippen LogP contribution in [0.4, 0.5) is 5.69 Å². The van der Waals surface area contributed by atoms with Gasteiger partial charge in [-0.25, -0.2) is 0 Å². The van der Waals surface area contributed by atoms with E-state index in [1.54, 1.807) is 12.4 Å². The Kier molecular flexibility index (Phi) is 3.19. The van der Waals surface area contributed by atoms with Gasteiger partial charge in [-0.05, 0) is 38.2 Å². The van der Waals surface area contributed by atoms with Crippen molar-refractivity contribution in [1.29, 1.82) is 0 Å². The molecular weight excluding hydrogens is 182 g/mol. The minimum Gasteiger partial charge on any atom is -0.376 e. The van der Waals surface area contributed by atoms with E-state index in [0.717, 1.165) is 5.69 Å². The molecule has 0 radical (unpaired) electrons. The molecule has 1 heterocycles. The fourth-order valence-corrected chi connectivity index (χ4v) is 1.49. The van der Waals surface area contributed by atoms with Gasteiger partial charge < -0.3 is 10.6 Å². The summed E-state index contributed by atoms with van der Waals surface area (Å²) in [5.41, 5.74) is 6.53. The third-order valence-electron chi connectivity index (χ3n) is 1.68. The maximum Gasteiger partial charge on any atom is 0.171 e. The molecule has 1 aromatic rings. The zero-order valence-electron chi connectivity index (χ0n) is 7.77. The Labute approximate surface area is 83.6 Å². The van der Waals surface area contributed by atoms with E-state index in [1.807, 2.05) is 30.9 Å². The maximum absolute atomic E-state index is 5.60. The van der Waals surface area contributed by atoms with Crippen LogP contribution in [0.3, 0.4) is 0 Å². The molecule has 0 bridgehead atoms. The topological polar surface area (TPSA) is 42.1 Å². The summed E-state index contributed by atoms with van der Waals surface area (Å²) in [6.45, 7) is 4.07. The molecule has 0 saturated heterocycles. The van der Waals surface area contributed by atoms with Crippen LogP contribution in [0.2, 0.25) is 0 Å². The smallest absolute Gasteiger partial charge is 0.171 e. The molecule has 0 amide bonds. The predicted octanol–water partition coefficient (Wildman–Crippen LogP) is 1.54. The van der Waals surface area contributed by atoms with Crippen molar-refractivity contribution in [2.24, 2.45) is 5.73 Å². The first-order chi connectivity index (χ1) is 6.13. The highest BCUT2D eigenvalue weighted by Crippen LogP contribution is 2.14. The highest BCUT2D eigenvalue weighted by Gasteiger charge is 2.12. The molecular formula is C9H13N3S. The van der Waals surface area contributed by atoms with Gasteiger partial charge in [0.05, 0.1) is 11.9 Å². The third kappa shape index (κ3) is 2.39. The second-order valence-corrected chi connectivity index (χ2v) is 3.43. The highest BCUT2D eigenvalue weighted by atomic mass is 32.1. The van der Waals surface area contributed by atoms with Crippen LogP contribution >= 0.6 is 12.2 Å². The Morgan fingerprint density at radius 3 is 2.69 bits per heavy atom. The Bertz CT molecular complexity index is 284. The average molecular weight is 195 g/mol. The van der Waals surface area contributed by atoms with Crippen molar-refractivity contribution >= 4 is 23.0 Å². The Morgan fingerprint density at radius 1 is 1.62 bits per heavy atom. The fraction of sp³-hybridized carbons (Fsp3) is 0.333. The van der Waals surface area contributed by atoms with Gasteiger partial charge in [-0.2, -0.15) is 0 Å². The molecule has 0 spiro atoms. The van der Waals surface area contributed by atoms with Gasteiger partial charge in [0, 0.05) is 12.2 Å². The van der Waals surface area contributed by atoms with Crippen molar-refractivity contribution in [3.05, 3.63) is 24.5 Å². The van der Waals surface area contributed by atoms with Gasteiger partial charge in [0.25, 0.3) is 0 Å². The number of anilines is 1. The zero-order chi connectivity index (χ0) is 9.84. The first-order valence-corrected chi connectivity index (χ1v) is 4.52. The maximum atomic E-state index is 5.60. The summed E-state index contributed by atoms with van der Waals surface area (Å²) < 4.78 is 0. The van der Waals surface area contributed by atoms with Crippen molar-refractivity contribution in [3.63, 3.8) is 0 Å². The van der Waals surface area contributed by atoms with E-state index in [-0.39, 0.29) is 6.04 Å². The van der Waals surface area contributed by atoms with Crippen LogP contribution in [0.25, 0.3) is 0 Å². The third-order valence-corrected chi connectivity index (χ3v) is 1.87.